The fourth-order valence-corrected chi connectivity index (χ4v) is 4.60. The Morgan fingerprint density at radius 3 is 2.91 bits per heavy atom. The summed E-state index contributed by atoms with van der Waals surface area (Å²) in [4.78, 5) is 14.4. The van der Waals surface area contributed by atoms with Gasteiger partial charge >= 0.3 is 0 Å². The van der Waals surface area contributed by atoms with Crippen LogP contribution in [0.5, 0.6) is 5.75 Å². The molecule has 2 aromatic rings. The molecule has 0 bridgehead atoms. The van der Waals surface area contributed by atoms with Gasteiger partial charge in [-0.2, -0.15) is 0 Å². The number of fused-ring (bicyclic) bond motifs is 2. The van der Waals surface area contributed by atoms with E-state index in [9.17, 15) is 4.79 Å². The Morgan fingerprint density at radius 2 is 2.13 bits per heavy atom. The van der Waals surface area contributed by atoms with Gasteiger partial charge in [-0.15, -0.1) is 11.8 Å². The van der Waals surface area contributed by atoms with Crippen molar-refractivity contribution in [3.8, 4) is 5.75 Å². The number of nitrogens with zero attached hydrogens (tertiary/aromatic N) is 1. The maximum atomic E-state index is 13.2. The molecule has 4 nitrogen and oxygen atoms in total. The van der Waals surface area contributed by atoms with Gasteiger partial charge in [0.2, 0.25) is 0 Å². The largest absolute Gasteiger partial charge is 0.497 e. The minimum Gasteiger partial charge on any atom is -0.497 e. The summed E-state index contributed by atoms with van der Waals surface area (Å²) in [6.07, 6.45) is 0. The fraction of sp³-hybridized carbons (Fsp3) is 0.278. The second kappa shape index (κ2) is 5.58. The van der Waals surface area contributed by atoms with Gasteiger partial charge in [-0.25, -0.2) is 0 Å². The van der Waals surface area contributed by atoms with Crippen molar-refractivity contribution >= 4 is 23.4 Å². The number of ether oxygens (including phenoxy) is 1. The molecule has 1 saturated heterocycles. The van der Waals surface area contributed by atoms with E-state index in [2.05, 4.69) is 11.4 Å². The zero-order chi connectivity index (χ0) is 15.9. The number of amides is 1. The Morgan fingerprint density at radius 1 is 1.26 bits per heavy atom. The molecule has 0 saturated carbocycles. The SMILES string of the molecule is COc1cccc(CN2C(=O)C3(NCCS3)c3ccccc32)c1. The minimum atomic E-state index is -0.602. The third-order valence-electron chi connectivity index (χ3n) is 4.39. The van der Waals surface area contributed by atoms with Gasteiger partial charge in [0.15, 0.2) is 4.87 Å². The van der Waals surface area contributed by atoms with Crippen LogP contribution in [0.4, 0.5) is 5.69 Å². The summed E-state index contributed by atoms with van der Waals surface area (Å²) in [7, 11) is 1.66. The van der Waals surface area contributed by atoms with Crippen molar-refractivity contribution in [2.75, 3.05) is 24.3 Å². The molecule has 118 valence electrons. The number of para-hydroxylation sites is 1. The molecule has 1 amide bonds. The van der Waals surface area contributed by atoms with E-state index in [0.29, 0.717) is 6.54 Å². The molecular weight excluding hydrogens is 308 g/mol. The molecular formula is C18H18N2O2S. The highest BCUT2D eigenvalue weighted by molar-refractivity contribution is 8.01. The molecule has 0 aliphatic carbocycles. The molecule has 4 rings (SSSR count). The van der Waals surface area contributed by atoms with E-state index in [4.69, 9.17) is 4.74 Å². The summed E-state index contributed by atoms with van der Waals surface area (Å²) in [5, 5.41) is 3.42. The summed E-state index contributed by atoms with van der Waals surface area (Å²) >= 11 is 1.70. The summed E-state index contributed by atoms with van der Waals surface area (Å²) in [5.41, 5.74) is 3.14. The molecule has 0 radical (unpaired) electrons. The van der Waals surface area contributed by atoms with Crippen molar-refractivity contribution in [2.24, 2.45) is 0 Å². The van der Waals surface area contributed by atoms with Crippen LogP contribution in [0.3, 0.4) is 0 Å². The van der Waals surface area contributed by atoms with E-state index in [-0.39, 0.29) is 5.91 Å². The Labute approximate surface area is 139 Å². The fourth-order valence-electron chi connectivity index (χ4n) is 3.32. The first-order chi connectivity index (χ1) is 11.2. The average Bonchev–Trinajstić information content (AvgIpc) is 3.17. The summed E-state index contributed by atoms with van der Waals surface area (Å²) in [5.74, 6) is 1.89. The van der Waals surface area contributed by atoms with Gasteiger partial charge in [-0.3, -0.25) is 10.1 Å². The number of thioether (sulfide) groups is 1. The molecule has 2 heterocycles. The Hall–Kier alpha value is -1.98. The Kier molecular flexibility index (Phi) is 3.54. The second-order valence-electron chi connectivity index (χ2n) is 5.72. The van der Waals surface area contributed by atoms with E-state index in [0.717, 1.165) is 34.9 Å². The van der Waals surface area contributed by atoms with E-state index >= 15 is 0 Å². The van der Waals surface area contributed by atoms with Gasteiger partial charge in [0.25, 0.3) is 5.91 Å². The maximum absolute atomic E-state index is 13.2. The van der Waals surface area contributed by atoms with Crippen molar-refractivity contribution in [1.29, 1.82) is 0 Å². The van der Waals surface area contributed by atoms with Crippen LogP contribution in [0.25, 0.3) is 0 Å². The smallest absolute Gasteiger partial charge is 0.262 e. The van der Waals surface area contributed by atoms with Gasteiger partial charge in [-0.1, -0.05) is 30.3 Å². The van der Waals surface area contributed by atoms with Crippen molar-refractivity contribution in [2.45, 2.75) is 11.4 Å². The molecule has 2 aromatic carbocycles. The molecule has 5 heteroatoms. The molecule has 23 heavy (non-hydrogen) atoms. The van der Waals surface area contributed by atoms with Crippen molar-refractivity contribution in [1.82, 2.24) is 5.32 Å². The summed E-state index contributed by atoms with van der Waals surface area (Å²) < 4.78 is 5.29. The molecule has 1 spiro atoms. The molecule has 1 fully saturated rings. The second-order valence-corrected chi connectivity index (χ2v) is 7.03. The van der Waals surface area contributed by atoms with Gasteiger partial charge < -0.3 is 9.64 Å². The van der Waals surface area contributed by atoms with Gasteiger partial charge in [-0.05, 0) is 23.8 Å². The molecule has 2 aliphatic rings. The van der Waals surface area contributed by atoms with Crippen LogP contribution in [0.15, 0.2) is 48.5 Å². The number of benzene rings is 2. The number of hydrogen-bond donors (Lipinski definition) is 1. The van der Waals surface area contributed by atoms with Crippen molar-refractivity contribution < 1.29 is 9.53 Å². The molecule has 1 atom stereocenters. The lowest BCUT2D eigenvalue weighted by Crippen LogP contribution is -2.44. The quantitative estimate of drug-likeness (QED) is 0.942. The van der Waals surface area contributed by atoms with Crippen LogP contribution in [0.1, 0.15) is 11.1 Å². The highest BCUT2D eigenvalue weighted by Crippen LogP contribution is 2.49. The first-order valence-electron chi connectivity index (χ1n) is 7.68. The maximum Gasteiger partial charge on any atom is 0.262 e. The Bertz CT molecular complexity index is 756. The number of methoxy groups -OCH3 is 1. The topological polar surface area (TPSA) is 41.6 Å². The van der Waals surface area contributed by atoms with E-state index in [1.54, 1.807) is 18.9 Å². The van der Waals surface area contributed by atoms with Gasteiger partial charge in [0, 0.05) is 17.9 Å². The van der Waals surface area contributed by atoms with Crippen molar-refractivity contribution in [3.63, 3.8) is 0 Å². The number of anilines is 1. The van der Waals surface area contributed by atoms with Crippen LogP contribution in [0.2, 0.25) is 0 Å². The predicted molar refractivity (Wildman–Crippen MR) is 92.8 cm³/mol. The number of nitrogens with one attached hydrogen (secondary N) is 1. The first kappa shape index (κ1) is 14.6. The number of carbonyl (C=O) groups excluding carboxylic acids is 1. The average molecular weight is 326 g/mol. The van der Waals surface area contributed by atoms with Crippen molar-refractivity contribution in [3.05, 3.63) is 59.7 Å². The number of rotatable bonds is 3. The normalized spacial score (nSPS) is 22.7. The van der Waals surface area contributed by atoms with E-state index < -0.39 is 4.87 Å². The van der Waals surface area contributed by atoms with Crippen LogP contribution >= 0.6 is 11.8 Å². The molecule has 1 N–H and O–H groups in total. The lowest BCUT2D eigenvalue weighted by atomic mass is 10.1. The number of hydrogen-bond acceptors (Lipinski definition) is 4. The van der Waals surface area contributed by atoms with Crippen LogP contribution in [-0.2, 0) is 16.2 Å². The zero-order valence-corrected chi connectivity index (χ0v) is 13.7. The van der Waals surface area contributed by atoms with Gasteiger partial charge in [0.1, 0.15) is 5.75 Å². The molecule has 2 aliphatic heterocycles. The van der Waals surface area contributed by atoms with E-state index in [1.807, 2.05) is 47.4 Å². The number of carbonyl (C=O) groups is 1. The van der Waals surface area contributed by atoms with Crippen LogP contribution in [0, 0.1) is 0 Å². The monoisotopic (exact) mass is 326 g/mol. The highest BCUT2D eigenvalue weighted by atomic mass is 32.2. The summed E-state index contributed by atoms with van der Waals surface area (Å²) in [6.45, 7) is 1.41. The lowest BCUT2D eigenvalue weighted by Gasteiger charge is -2.23. The molecule has 1 unspecified atom stereocenters. The third-order valence-corrected chi connectivity index (χ3v) is 5.77. The predicted octanol–water partition coefficient (Wildman–Crippen LogP) is 2.73. The minimum absolute atomic E-state index is 0.129. The Balaban J connectivity index is 1.73. The van der Waals surface area contributed by atoms with E-state index in [1.165, 1.54) is 0 Å². The highest BCUT2D eigenvalue weighted by Gasteiger charge is 2.53. The van der Waals surface area contributed by atoms with Crippen LogP contribution < -0.4 is 15.0 Å². The summed E-state index contributed by atoms with van der Waals surface area (Å²) in [6, 6.07) is 16.0. The zero-order valence-electron chi connectivity index (χ0n) is 12.9. The third kappa shape index (κ3) is 2.23. The standard InChI is InChI=1S/C18H18N2O2S/c1-22-14-6-4-5-13(11-14)12-20-16-8-3-2-7-15(16)18(17(20)21)19-9-10-23-18/h2-8,11,19H,9-10,12H2,1H3. The van der Waals surface area contributed by atoms with Gasteiger partial charge in [0.05, 0.1) is 19.3 Å². The van der Waals surface area contributed by atoms with Crippen LogP contribution in [-0.4, -0.2) is 25.3 Å². The lowest BCUT2D eigenvalue weighted by molar-refractivity contribution is -0.121. The first-order valence-corrected chi connectivity index (χ1v) is 8.66. The molecule has 0 aromatic heterocycles.